The van der Waals surface area contributed by atoms with Gasteiger partial charge in [0.1, 0.15) is 32.7 Å². The number of nitrogens with zero attached hydrogens (tertiary/aromatic N) is 1. The van der Waals surface area contributed by atoms with Gasteiger partial charge in [0.2, 0.25) is 5.78 Å². The number of hydrogen-bond acceptors (Lipinski definition) is 2. The maximum Gasteiger partial charge on any atom is 0.274 e. The number of fused-ring (bicyclic) bond motifs is 1. The first-order valence-electron chi connectivity index (χ1n) is 9.29. The summed E-state index contributed by atoms with van der Waals surface area (Å²) in [5, 5.41) is 1.05. The Labute approximate surface area is 153 Å². The average molecular weight is 350 g/mol. The molecule has 2 aromatic heterocycles. The molecule has 1 fully saturated rings. The molecule has 3 N–H and O–H groups in total. The van der Waals surface area contributed by atoms with Crippen molar-refractivity contribution in [3.8, 4) is 0 Å². The fourth-order valence-electron chi connectivity index (χ4n) is 3.94. The topological polar surface area (TPSA) is 54.7 Å². The van der Waals surface area contributed by atoms with Gasteiger partial charge in [0, 0.05) is 22.7 Å². The first-order valence-corrected chi connectivity index (χ1v) is 9.29. The molecule has 134 valence electrons. The molecule has 3 aromatic rings. The Balaban J connectivity index is 1.44. The highest BCUT2D eigenvalue weighted by Gasteiger charge is 2.28. The number of hydrogen-bond donors (Lipinski definition) is 2. The van der Waals surface area contributed by atoms with Crippen molar-refractivity contribution in [1.29, 1.82) is 0 Å². The number of quaternary nitrogens is 1. The summed E-state index contributed by atoms with van der Waals surface area (Å²) < 4.78 is 0. The smallest absolute Gasteiger partial charge is 0.274 e. The van der Waals surface area contributed by atoms with Gasteiger partial charge in [-0.1, -0.05) is 18.2 Å². The number of aromatic nitrogens is 2. The second kappa shape index (κ2) is 6.92. The van der Waals surface area contributed by atoms with Crippen LogP contribution in [0.2, 0.25) is 0 Å². The largest absolute Gasteiger partial charge is 0.358 e. The predicted octanol–water partition coefficient (Wildman–Crippen LogP) is 1.19. The quantitative estimate of drug-likeness (QED) is 0.695. The van der Waals surface area contributed by atoms with Crippen molar-refractivity contribution in [3.05, 3.63) is 59.4 Å². The third-order valence-electron chi connectivity index (χ3n) is 5.33. The average Bonchev–Trinajstić information content (AvgIpc) is 2.98. The molecule has 0 bridgehead atoms. The zero-order chi connectivity index (χ0) is 18.1. The second-order valence-electron chi connectivity index (χ2n) is 7.26. The summed E-state index contributed by atoms with van der Waals surface area (Å²) in [5.74, 6) is 1.40. The van der Waals surface area contributed by atoms with E-state index in [9.17, 15) is 4.79 Å². The third kappa shape index (κ3) is 3.22. The highest BCUT2D eigenvalue weighted by atomic mass is 16.1. The van der Waals surface area contributed by atoms with Crippen molar-refractivity contribution in [3.63, 3.8) is 0 Å². The number of carbonyl (C=O) groups excluding carboxylic acids is 1. The van der Waals surface area contributed by atoms with Crippen LogP contribution in [-0.4, -0.2) is 43.5 Å². The summed E-state index contributed by atoms with van der Waals surface area (Å²) in [6.45, 7) is 8.54. The molecular weight excluding hydrogens is 324 g/mol. The van der Waals surface area contributed by atoms with Crippen LogP contribution < -0.4 is 14.8 Å². The Kier molecular flexibility index (Phi) is 4.47. The number of carbonyl (C=O) groups is 1. The van der Waals surface area contributed by atoms with Gasteiger partial charge in [0.15, 0.2) is 0 Å². The van der Waals surface area contributed by atoms with Crippen LogP contribution in [-0.2, 0) is 0 Å². The molecule has 5 heteroatoms. The van der Waals surface area contributed by atoms with Gasteiger partial charge in [-0.3, -0.25) is 9.69 Å². The van der Waals surface area contributed by atoms with Gasteiger partial charge in [-0.2, -0.15) is 0 Å². The van der Waals surface area contributed by atoms with Crippen molar-refractivity contribution in [2.75, 3.05) is 37.6 Å². The number of H-pyrrole nitrogens is 2. The molecule has 1 saturated heterocycles. The lowest BCUT2D eigenvalue weighted by Crippen LogP contribution is -3.15. The second-order valence-corrected chi connectivity index (χ2v) is 7.26. The van der Waals surface area contributed by atoms with Crippen LogP contribution in [0.1, 0.15) is 21.6 Å². The Morgan fingerprint density at radius 1 is 1.19 bits per heavy atom. The molecule has 0 atom stereocenters. The van der Waals surface area contributed by atoms with Crippen LogP contribution in [0, 0.1) is 13.8 Å². The maximum absolute atomic E-state index is 13.0. The standard InChI is InChI=1S/C21H24N4O/c1-15-6-7-17-18(13-15)23-16(2)21(17)19(26)14-24-9-11-25(12-10-24)20-5-3-4-8-22-20/h3-8,13,23H,9-12,14H2,1-2H3/p+2. The van der Waals surface area contributed by atoms with E-state index >= 15 is 0 Å². The SMILES string of the molecule is Cc1ccc2c(C(=O)C[NH+]3CCN(c4cccc[nH+]4)CC3)c(C)[nH]c2c1. The summed E-state index contributed by atoms with van der Waals surface area (Å²) in [5.41, 5.74) is 4.11. The van der Waals surface area contributed by atoms with Crippen molar-refractivity contribution in [2.24, 2.45) is 0 Å². The van der Waals surface area contributed by atoms with Crippen molar-refractivity contribution >= 4 is 22.5 Å². The van der Waals surface area contributed by atoms with E-state index in [1.807, 2.05) is 19.2 Å². The zero-order valence-electron chi connectivity index (χ0n) is 15.4. The first kappa shape index (κ1) is 16.8. The van der Waals surface area contributed by atoms with Crippen LogP contribution in [0.25, 0.3) is 10.9 Å². The number of anilines is 1. The van der Waals surface area contributed by atoms with Crippen LogP contribution in [0.5, 0.6) is 0 Å². The summed E-state index contributed by atoms with van der Waals surface area (Å²) in [4.78, 5) is 23.4. The van der Waals surface area contributed by atoms with Gasteiger partial charge in [-0.05, 0) is 31.5 Å². The number of aromatic amines is 2. The molecule has 0 amide bonds. The molecule has 3 heterocycles. The third-order valence-corrected chi connectivity index (χ3v) is 5.33. The minimum absolute atomic E-state index is 0.243. The Morgan fingerprint density at radius 2 is 2.00 bits per heavy atom. The molecule has 0 unspecified atom stereocenters. The fourth-order valence-corrected chi connectivity index (χ4v) is 3.94. The van der Waals surface area contributed by atoms with E-state index in [1.165, 1.54) is 10.5 Å². The lowest BCUT2D eigenvalue weighted by Gasteiger charge is -2.27. The normalized spacial score (nSPS) is 15.5. The Bertz CT molecular complexity index is 924. The number of benzene rings is 1. The van der Waals surface area contributed by atoms with Crippen LogP contribution in [0.15, 0.2) is 42.6 Å². The monoisotopic (exact) mass is 350 g/mol. The van der Waals surface area contributed by atoms with Gasteiger partial charge in [0.25, 0.3) is 5.82 Å². The fraction of sp³-hybridized carbons (Fsp3) is 0.333. The minimum Gasteiger partial charge on any atom is -0.358 e. The molecule has 0 saturated carbocycles. The molecule has 1 aromatic carbocycles. The van der Waals surface area contributed by atoms with Gasteiger partial charge in [0.05, 0.1) is 11.8 Å². The van der Waals surface area contributed by atoms with Crippen molar-refractivity contribution in [1.82, 2.24) is 4.98 Å². The molecule has 0 radical (unpaired) electrons. The highest BCUT2D eigenvalue weighted by Crippen LogP contribution is 2.23. The number of nitrogens with one attached hydrogen (secondary N) is 3. The van der Waals surface area contributed by atoms with Gasteiger partial charge in [-0.25, -0.2) is 4.98 Å². The van der Waals surface area contributed by atoms with E-state index < -0.39 is 0 Å². The van der Waals surface area contributed by atoms with Gasteiger partial charge < -0.3 is 9.88 Å². The lowest BCUT2D eigenvalue weighted by atomic mass is 10.0. The van der Waals surface area contributed by atoms with Gasteiger partial charge >= 0.3 is 0 Å². The molecule has 0 aliphatic carbocycles. The predicted molar refractivity (Wildman–Crippen MR) is 103 cm³/mol. The van der Waals surface area contributed by atoms with E-state index in [2.05, 4.69) is 52.1 Å². The van der Waals surface area contributed by atoms with Gasteiger partial charge in [-0.15, -0.1) is 0 Å². The molecule has 5 nitrogen and oxygen atoms in total. The highest BCUT2D eigenvalue weighted by molar-refractivity contribution is 6.09. The van der Waals surface area contributed by atoms with Crippen LogP contribution in [0.3, 0.4) is 0 Å². The minimum atomic E-state index is 0.243. The van der Waals surface area contributed by atoms with Crippen molar-refractivity contribution < 1.29 is 14.7 Å². The number of pyridine rings is 1. The number of aryl methyl sites for hydroxylation is 2. The number of piperazine rings is 1. The summed E-state index contributed by atoms with van der Waals surface area (Å²) in [6.07, 6.45) is 1.96. The summed E-state index contributed by atoms with van der Waals surface area (Å²) >= 11 is 0. The molecule has 26 heavy (non-hydrogen) atoms. The van der Waals surface area contributed by atoms with Crippen LogP contribution in [0.4, 0.5) is 5.82 Å². The molecular formula is C21H26N4O+2. The van der Waals surface area contributed by atoms with E-state index in [0.29, 0.717) is 6.54 Å². The lowest BCUT2D eigenvalue weighted by molar-refractivity contribution is -0.892. The number of rotatable bonds is 4. The first-order chi connectivity index (χ1) is 12.6. The van der Waals surface area contributed by atoms with E-state index in [0.717, 1.165) is 54.2 Å². The summed E-state index contributed by atoms with van der Waals surface area (Å²) in [7, 11) is 0. The number of Topliss-reactive ketones (excluding diaryl/α,β-unsaturated/α-hetero) is 1. The van der Waals surface area contributed by atoms with Crippen molar-refractivity contribution in [2.45, 2.75) is 13.8 Å². The maximum atomic E-state index is 13.0. The van der Waals surface area contributed by atoms with Crippen LogP contribution >= 0.6 is 0 Å². The summed E-state index contributed by atoms with van der Waals surface area (Å²) in [6, 6.07) is 12.4. The van der Waals surface area contributed by atoms with E-state index in [1.54, 1.807) is 0 Å². The molecule has 0 spiro atoms. The van der Waals surface area contributed by atoms with E-state index in [-0.39, 0.29) is 5.78 Å². The zero-order valence-corrected chi connectivity index (χ0v) is 15.4. The molecule has 1 aliphatic heterocycles. The molecule has 1 aliphatic rings. The Hall–Kier alpha value is -2.66. The van der Waals surface area contributed by atoms with E-state index in [4.69, 9.17) is 0 Å². The Morgan fingerprint density at radius 3 is 2.73 bits per heavy atom. The number of ketones is 1. The molecule has 4 rings (SSSR count).